The number of nitrogens with one attached hydrogen (secondary N) is 1. The van der Waals surface area contributed by atoms with Crippen molar-refractivity contribution in [1.29, 1.82) is 0 Å². The fourth-order valence-electron chi connectivity index (χ4n) is 5.09. The van der Waals surface area contributed by atoms with Gasteiger partial charge in [0.2, 0.25) is 0 Å². The van der Waals surface area contributed by atoms with Crippen LogP contribution in [0.5, 0.6) is 5.75 Å². The van der Waals surface area contributed by atoms with Crippen LogP contribution < -0.4 is 4.74 Å². The number of aryl methyl sites for hydroxylation is 1. The monoisotopic (exact) mass is 437 g/mol. The van der Waals surface area contributed by atoms with E-state index in [1.807, 2.05) is 59.2 Å². The second-order valence-electron chi connectivity index (χ2n) is 8.70. The Kier molecular flexibility index (Phi) is 4.28. The fourth-order valence-corrected chi connectivity index (χ4v) is 5.09. The Morgan fingerprint density at radius 1 is 1.21 bits per heavy atom. The third kappa shape index (κ3) is 3.01. The number of hydrogen-bond donors (Lipinski definition) is 1. The molecule has 7 nitrogen and oxygen atoms in total. The molecule has 1 amide bonds. The maximum Gasteiger partial charge on any atom is 0.253 e. The fraction of sp³-hybridized carbons (Fsp3) is 0.231. The Balaban J connectivity index is 1.29. The normalized spacial score (nSPS) is 16.1. The lowest BCUT2D eigenvalue weighted by Crippen LogP contribution is -2.49. The van der Waals surface area contributed by atoms with Gasteiger partial charge in [0.05, 0.1) is 23.6 Å². The topological polar surface area (TPSA) is 76.0 Å². The Hall–Kier alpha value is -4.09. The van der Waals surface area contributed by atoms with Crippen molar-refractivity contribution in [3.8, 4) is 17.0 Å². The SMILES string of the molecule is C=C=Cc1ccc2c(c1)-c1c(cnn1C)C1(CCN(C(=O)c3ccc4[nH]ncc4c3)CC1)O2. The molecule has 1 fully saturated rings. The molecule has 4 heterocycles. The van der Waals surface area contributed by atoms with Gasteiger partial charge in [0.15, 0.2) is 0 Å². The molecular formula is C26H23N5O2. The van der Waals surface area contributed by atoms with Gasteiger partial charge in [0.1, 0.15) is 11.4 Å². The predicted octanol–water partition coefficient (Wildman–Crippen LogP) is 4.29. The first-order valence-electron chi connectivity index (χ1n) is 11.0. The summed E-state index contributed by atoms with van der Waals surface area (Å²) in [5.74, 6) is 0.883. The summed E-state index contributed by atoms with van der Waals surface area (Å²) in [6.45, 7) is 4.91. The van der Waals surface area contributed by atoms with Gasteiger partial charge < -0.3 is 9.64 Å². The number of likely N-dealkylation sites (tertiary alicyclic amines) is 1. The molecule has 7 heteroatoms. The van der Waals surface area contributed by atoms with E-state index in [9.17, 15) is 4.79 Å². The zero-order chi connectivity index (χ0) is 22.6. The van der Waals surface area contributed by atoms with Crippen molar-refractivity contribution in [2.75, 3.05) is 13.1 Å². The molecule has 0 atom stereocenters. The molecule has 2 aromatic carbocycles. The standard InChI is InChI=1S/C26H23N5O2/c1-3-4-17-5-8-23-20(13-17)24-21(16-28-30(24)2)26(33-23)9-11-31(12-10-26)25(32)18-6-7-22-19(14-18)15-27-29-22/h4-8,13-16H,1,9-12H2,2H3,(H,27,29). The van der Waals surface area contributed by atoms with Crippen LogP contribution in [-0.2, 0) is 12.6 Å². The second-order valence-corrected chi connectivity index (χ2v) is 8.70. The number of ether oxygens (including phenoxy) is 1. The Labute approximate surface area is 191 Å². The molecule has 6 rings (SSSR count). The first-order chi connectivity index (χ1) is 16.1. The molecule has 164 valence electrons. The minimum atomic E-state index is -0.488. The number of aromatic nitrogens is 4. The highest BCUT2D eigenvalue weighted by Gasteiger charge is 2.46. The highest BCUT2D eigenvalue weighted by molar-refractivity contribution is 5.98. The average molecular weight is 438 g/mol. The van der Waals surface area contributed by atoms with E-state index in [-0.39, 0.29) is 5.91 Å². The van der Waals surface area contributed by atoms with Gasteiger partial charge in [-0.2, -0.15) is 10.2 Å². The van der Waals surface area contributed by atoms with Gasteiger partial charge in [-0.05, 0) is 42.0 Å². The van der Waals surface area contributed by atoms with Crippen LogP contribution >= 0.6 is 0 Å². The summed E-state index contributed by atoms with van der Waals surface area (Å²) in [4.78, 5) is 15.1. The van der Waals surface area contributed by atoms with E-state index < -0.39 is 5.60 Å². The maximum atomic E-state index is 13.2. The van der Waals surface area contributed by atoms with E-state index in [1.54, 1.807) is 6.20 Å². The average Bonchev–Trinajstić information content (AvgIpc) is 3.47. The number of nitrogens with zero attached hydrogens (tertiary/aromatic N) is 4. The van der Waals surface area contributed by atoms with Crippen molar-refractivity contribution in [2.24, 2.45) is 7.05 Å². The molecule has 33 heavy (non-hydrogen) atoms. The van der Waals surface area contributed by atoms with Gasteiger partial charge in [-0.1, -0.05) is 12.6 Å². The number of hydrogen-bond acceptors (Lipinski definition) is 4. The van der Waals surface area contributed by atoms with Gasteiger partial charge in [0.25, 0.3) is 5.91 Å². The van der Waals surface area contributed by atoms with E-state index in [0.717, 1.165) is 39.0 Å². The number of piperidine rings is 1. The van der Waals surface area contributed by atoms with E-state index in [1.165, 1.54) is 0 Å². The molecule has 0 radical (unpaired) electrons. The molecule has 0 unspecified atom stereocenters. The molecular weight excluding hydrogens is 414 g/mol. The smallest absolute Gasteiger partial charge is 0.253 e. The molecule has 2 aromatic heterocycles. The minimum absolute atomic E-state index is 0.0384. The lowest BCUT2D eigenvalue weighted by atomic mass is 9.80. The molecule has 4 aromatic rings. The van der Waals surface area contributed by atoms with Crippen molar-refractivity contribution in [2.45, 2.75) is 18.4 Å². The number of fused-ring (bicyclic) bond motifs is 5. The van der Waals surface area contributed by atoms with E-state index in [2.05, 4.69) is 33.7 Å². The zero-order valence-electron chi connectivity index (χ0n) is 18.3. The molecule has 0 bridgehead atoms. The van der Waals surface area contributed by atoms with Gasteiger partial charge in [0, 0.05) is 55.1 Å². The number of carbonyl (C=O) groups excluding carboxylic acids is 1. The molecule has 2 aliphatic rings. The molecule has 1 spiro atoms. The number of carbonyl (C=O) groups is 1. The van der Waals surface area contributed by atoms with Crippen LogP contribution in [0.4, 0.5) is 0 Å². The van der Waals surface area contributed by atoms with E-state index in [4.69, 9.17) is 4.74 Å². The summed E-state index contributed by atoms with van der Waals surface area (Å²) in [6, 6.07) is 11.8. The van der Waals surface area contributed by atoms with Crippen molar-refractivity contribution in [3.63, 3.8) is 0 Å². The lowest BCUT2D eigenvalue weighted by Gasteiger charge is -2.44. The number of rotatable bonds is 2. The molecule has 1 saturated heterocycles. The predicted molar refractivity (Wildman–Crippen MR) is 126 cm³/mol. The summed E-state index contributed by atoms with van der Waals surface area (Å²) in [5.41, 5.74) is 8.15. The van der Waals surface area contributed by atoms with Gasteiger partial charge in [-0.25, -0.2) is 0 Å². The Bertz CT molecular complexity index is 1450. The molecule has 0 aliphatic carbocycles. The largest absolute Gasteiger partial charge is 0.482 e. The number of amides is 1. The molecule has 2 aliphatic heterocycles. The third-order valence-electron chi connectivity index (χ3n) is 6.81. The molecule has 0 saturated carbocycles. The van der Waals surface area contributed by atoms with Gasteiger partial charge in [-0.15, -0.1) is 5.73 Å². The Morgan fingerprint density at radius 3 is 2.88 bits per heavy atom. The summed E-state index contributed by atoms with van der Waals surface area (Å²) >= 11 is 0. The number of H-pyrrole nitrogens is 1. The quantitative estimate of drug-likeness (QED) is 0.475. The molecule has 1 N–H and O–H groups in total. The summed E-state index contributed by atoms with van der Waals surface area (Å²) in [5, 5.41) is 12.5. The van der Waals surface area contributed by atoms with Gasteiger partial charge >= 0.3 is 0 Å². The Morgan fingerprint density at radius 2 is 2.06 bits per heavy atom. The van der Waals surface area contributed by atoms with Gasteiger partial charge in [-0.3, -0.25) is 14.6 Å². The van der Waals surface area contributed by atoms with Crippen LogP contribution in [0.3, 0.4) is 0 Å². The van der Waals surface area contributed by atoms with Crippen molar-refractivity contribution in [1.82, 2.24) is 24.9 Å². The first-order valence-corrected chi connectivity index (χ1v) is 11.0. The highest BCUT2D eigenvalue weighted by atomic mass is 16.5. The summed E-state index contributed by atoms with van der Waals surface area (Å²) in [6.07, 6.45) is 6.92. The number of benzene rings is 2. The zero-order valence-corrected chi connectivity index (χ0v) is 18.3. The van der Waals surface area contributed by atoms with Crippen LogP contribution in [0.15, 0.2) is 61.1 Å². The summed E-state index contributed by atoms with van der Waals surface area (Å²) < 4.78 is 8.57. The van der Waals surface area contributed by atoms with Crippen LogP contribution in [0.25, 0.3) is 28.2 Å². The van der Waals surface area contributed by atoms with Crippen LogP contribution in [0, 0.1) is 0 Å². The summed E-state index contributed by atoms with van der Waals surface area (Å²) in [7, 11) is 1.96. The van der Waals surface area contributed by atoms with E-state index >= 15 is 0 Å². The van der Waals surface area contributed by atoms with E-state index in [0.29, 0.717) is 31.5 Å². The first kappa shape index (κ1) is 19.6. The minimum Gasteiger partial charge on any atom is -0.482 e. The second kappa shape index (κ2) is 7.22. The van der Waals surface area contributed by atoms with Crippen molar-refractivity contribution in [3.05, 3.63) is 77.8 Å². The van der Waals surface area contributed by atoms with Crippen LogP contribution in [-0.4, -0.2) is 43.9 Å². The van der Waals surface area contributed by atoms with Crippen LogP contribution in [0.1, 0.15) is 34.3 Å². The number of aromatic amines is 1. The van der Waals surface area contributed by atoms with Crippen molar-refractivity contribution < 1.29 is 9.53 Å². The lowest BCUT2D eigenvalue weighted by molar-refractivity contribution is -0.00172. The van der Waals surface area contributed by atoms with Crippen molar-refractivity contribution >= 4 is 22.9 Å². The highest BCUT2D eigenvalue weighted by Crippen LogP contribution is 2.49. The van der Waals surface area contributed by atoms with Crippen LogP contribution in [0.2, 0.25) is 0 Å². The maximum absolute atomic E-state index is 13.2. The third-order valence-corrected chi connectivity index (χ3v) is 6.81.